The maximum atomic E-state index is 12.1. The summed E-state index contributed by atoms with van der Waals surface area (Å²) in [7, 11) is -3.85. The Morgan fingerprint density at radius 3 is 2.43 bits per heavy atom. The van der Waals surface area contributed by atoms with Crippen LogP contribution in [0, 0.1) is 0 Å². The fourth-order valence-corrected chi connectivity index (χ4v) is 2.79. The second kappa shape index (κ2) is 5.98. The van der Waals surface area contributed by atoms with Crippen molar-refractivity contribution in [1.82, 2.24) is 4.98 Å². The molecular formula is C13H14N2O5S. The summed E-state index contributed by atoms with van der Waals surface area (Å²) in [5.41, 5.74) is 1.04. The molecule has 8 heteroatoms. The van der Waals surface area contributed by atoms with E-state index in [4.69, 9.17) is 10.2 Å². The second-order valence-corrected chi connectivity index (χ2v) is 6.01. The van der Waals surface area contributed by atoms with Crippen LogP contribution in [-0.4, -0.2) is 36.2 Å². The summed E-state index contributed by atoms with van der Waals surface area (Å²) in [5.74, 6) is -1.23. The molecular weight excluding hydrogens is 296 g/mol. The molecule has 4 N–H and O–H groups in total. The number of anilines is 1. The Kier molecular flexibility index (Phi) is 4.29. The normalized spacial score (nSPS) is 11.3. The summed E-state index contributed by atoms with van der Waals surface area (Å²) in [6.07, 6.45) is 1.61. The van der Waals surface area contributed by atoms with Crippen LogP contribution in [0.4, 0.5) is 5.69 Å². The standard InChI is InChI=1S/C13H14N2O5S/c16-6-5-9-1-3-10(4-2-9)15-21(19,20)11-7-12(13(17)18)14-8-11/h1-4,7-8,14-16H,5-6H2,(H,17,18). The predicted octanol–water partition coefficient (Wildman–Crippen LogP) is 1.05. The number of sulfonamides is 1. The van der Waals surface area contributed by atoms with Crippen molar-refractivity contribution in [3.05, 3.63) is 47.8 Å². The minimum Gasteiger partial charge on any atom is -0.477 e. The Hall–Kier alpha value is -2.32. The maximum Gasteiger partial charge on any atom is 0.352 e. The van der Waals surface area contributed by atoms with E-state index in [9.17, 15) is 13.2 Å². The van der Waals surface area contributed by atoms with E-state index in [1.807, 2.05) is 0 Å². The van der Waals surface area contributed by atoms with Crippen molar-refractivity contribution in [1.29, 1.82) is 0 Å². The number of hydrogen-bond acceptors (Lipinski definition) is 4. The van der Waals surface area contributed by atoms with Crippen LogP contribution >= 0.6 is 0 Å². The summed E-state index contributed by atoms with van der Waals surface area (Å²) in [5, 5.41) is 17.6. The van der Waals surface area contributed by atoms with E-state index >= 15 is 0 Å². The molecule has 7 nitrogen and oxygen atoms in total. The van der Waals surface area contributed by atoms with Crippen LogP contribution in [0.25, 0.3) is 0 Å². The number of aromatic nitrogens is 1. The van der Waals surface area contributed by atoms with Gasteiger partial charge < -0.3 is 15.2 Å². The first-order chi connectivity index (χ1) is 9.92. The molecule has 0 atom stereocenters. The molecule has 21 heavy (non-hydrogen) atoms. The minimum atomic E-state index is -3.85. The third kappa shape index (κ3) is 3.61. The van der Waals surface area contributed by atoms with E-state index in [1.54, 1.807) is 24.3 Å². The smallest absolute Gasteiger partial charge is 0.352 e. The average molecular weight is 310 g/mol. The Labute approximate surface area is 121 Å². The Bertz CT molecular complexity index is 734. The molecule has 0 saturated carbocycles. The highest BCUT2D eigenvalue weighted by atomic mass is 32.2. The van der Waals surface area contributed by atoms with Crippen molar-refractivity contribution in [2.45, 2.75) is 11.3 Å². The largest absolute Gasteiger partial charge is 0.477 e. The van der Waals surface area contributed by atoms with Gasteiger partial charge >= 0.3 is 5.97 Å². The van der Waals surface area contributed by atoms with Gasteiger partial charge in [-0.1, -0.05) is 12.1 Å². The first-order valence-electron chi connectivity index (χ1n) is 6.07. The first kappa shape index (κ1) is 15.1. The van der Waals surface area contributed by atoms with Crippen LogP contribution in [0.1, 0.15) is 16.1 Å². The lowest BCUT2D eigenvalue weighted by molar-refractivity contribution is 0.0691. The SMILES string of the molecule is O=C(O)c1cc(S(=O)(=O)Nc2ccc(CCO)cc2)c[nH]1. The molecule has 0 saturated heterocycles. The second-order valence-electron chi connectivity index (χ2n) is 4.33. The molecule has 2 aromatic rings. The Balaban J connectivity index is 2.18. The van der Waals surface area contributed by atoms with Crippen LogP contribution in [0.5, 0.6) is 0 Å². The Morgan fingerprint density at radius 2 is 1.90 bits per heavy atom. The van der Waals surface area contributed by atoms with Gasteiger partial charge in [0.2, 0.25) is 0 Å². The molecule has 0 aliphatic heterocycles. The number of H-pyrrole nitrogens is 1. The van der Waals surface area contributed by atoms with E-state index in [2.05, 4.69) is 9.71 Å². The lowest BCUT2D eigenvalue weighted by atomic mass is 10.1. The minimum absolute atomic E-state index is 0.0202. The van der Waals surface area contributed by atoms with Crippen molar-refractivity contribution in [2.24, 2.45) is 0 Å². The van der Waals surface area contributed by atoms with Crippen molar-refractivity contribution >= 4 is 21.7 Å². The van der Waals surface area contributed by atoms with Crippen molar-refractivity contribution in [3.8, 4) is 0 Å². The van der Waals surface area contributed by atoms with Gasteiger partial charge in [0.1, 0.15) is 10.6 Å². The van der Waals surface area contributed by atoms with Gasteiger partial charge in [-0.15, -0.1) is 0 Å². The highest BCUT2D eigenvalue weighted by Gasteiger charge is 2.18. The number of rotatable bonds is 6. The number of aromatic amines is 1. The van der Waals surface area contributed by atoms with E-state index in [0.717, 1.165) is 17.8 Å². The third-order valence-electron chi connectivity index (χ3n) is 2.80. The van der Waals surface area contributed by atoms with Gasteiger partial charge in [-0.05, 0) is 30.2 Å². The lowest BCUT2D eigenvalue weighted by Gasteiger charge is -2.07. The van der Waals surface area contributed by atoms with E-state index in [0.29, 0.717) is 12.1 Å². The van der Waals surface area contributed by atoms with Gasteiger partial charge in [0.25, 0.3) is 10.0 Å². The number of carbonyl (C=O) groups is 1. The number of carboxylic acid groups (broad SMARTS) is 1. The summed E-state index contributed by atoms with van der Waals surface area (Å²) in [4.78, 5) is 13.0. The summed E-state index contributed by atoms with van der Waals surface area (Å²) < 4.78 is 26.5. The van der Waals surface area contributed by atoms with Gasteiger partial charge in [-0.2, -0.15) is 0 Å². The number of aliphatic hydroxyl groups is 1. The number of benzene rings is 1. The van der Waals surface area contributed by atoms with Crippen molar-refractivity contribution < 1.29 is 23.4 Å². The fourth-order valence-electron chi connectivity index (χ4n) is 1.74. The van der Waals surface area contributed by atoms with E-state index < -0.39 is 16.0 Å². The third-order valence-corrected chi connectivity index (χ3v) is 4.16. The molecule has 0 spiro atoms. The molecule has 1 aromatic heterocycles. The maximum absolute atomic E-state index is 12.1. The highest BCUT2D eigenvalue weighted by molar-refractivity contribution is 7.92. The van der Waals surface area contributed by atoms with E-state index in [-0.39, 0.29) is 17.2 Å². The Morgan fingerprint density at radius 1 is 1.24 bits per heavy atom. The number of hydrogen-bond donors (Lipinski definition) is 4. The number of aliphatic hydroxyl groups excluding tert-OH is 1. The summed E-state index contributed by atoms with van der Waals surface area (Å²) >= 11 is 0. The fraction of sp³-hybridized carbons (Fsp3) is 0.154. The molecule has 0 aliphatic carbocycles. The zero-order valence-electron chi connectivity index (χ0n) is 10.9. The van der Waals surface area contributed by atoms with Gasteiger partial charge in [0.15, 0.2) is 0 Å². The summed E-state index contributed by atoms with van der Waals surface area (Å²) in [6.45, 7) is 0.0202. The number of nitrogens with one attached hydrogen (secondary N) is 2. The van der Waals surface area contributed by atoms with Crippen molar-refractivity contribution in [2.75, 3.05) is 11.3 Å². The molecule has 1 heterocycles. The van der Waals surface area contributed by atoms with Gasteiger partial charge in [-0.25, -0.2) is 13.2 Å². The molecule has 0 amide bonds. The molecule has 0 fully saturated rings. The van der Waals surface area contributed by atoms with Gasteiger partial charge in [0, 0.05) is 18.5 Å². The molecule has 0 radical (unpaired) electrons. The van der Waals surface area contributed by atoms with Gasteiger partial charge in [0.05, 0.1) is 0 Å². The number of aromatic carboxylic acids is 1. The molecule has 0 bridgehead atoms. The molecule has 2 rings (SSSR count). The van der Waals surface area contributed by atoms with Crippen LogP contribution in [0.3, 0.4) is 0 Å². The predicted molar refractivity (Wildman–Crippen MR) is 75.8 cm³/mol. The quantitative estimate of drug-likeness (QED) is 0.635. The van der Waals surface area contributed by atoms with Crippen LogP contribution in [0.15, 0.2) is 41.4 Å². The van der Waals surface area contributed by atoms with Crippen LogP contribution < -0.4 is 4.72 Å². The van der Waals surface area contributed by atoms with Crippen LogP contribution in [-0.2, 0) is 16.4 Å². The summed E-state index contributed by atoms with van der Waals surface area (Å²) in [6, 6.07) is 7.60. The van der Waals surface area contributed by atoms with E-state index in [1.165, 1.54) is 0 Å². The van der Waals surface area contributed by atoms with Crippen LogP contribution in [0.2, 0.25) is 0 Å². The average Bonchev–Trinajstić information content (AvgIpc) is 2.92. The molecule has 112 valence electrons. The monoisotopic (exact) mass is 310 g/mol. The zero-order valence-corrected chi connectivity index (χ0v) is 11.7. The van der Waals surface area contributed by atoms with Crippen molar-refractivity contribution in [3.63, 3.8) is 0 Å². The molecule has 0 unspecified atom stereocenters. The topological polar surface area (TPSA) is 119 Å². The highest BCUT2D eigenvalue weighted by Crippen LogP contribution is 2.17. The lowest BCUT2D eigenvalue weighted by Crippen LogP contribution is -2.12. The zero-order chi connectivity index (χ0) is 15.5. The molecule has 1 aromatic carbocycles. The first-order valence-corrected chi connectivity index (χ1v) is 7.55. The molecule has 0 aliphatic rings. The van der Waals surface area contributed by atoms with Gasteiger partial charge in [-0.3, -0.25) is 4.72 Å². The number of carboxylic acids is 1.